The van der Waals surface area contributed by atoms with E-state index in [4.69, 9.17) is 21.3 Å². The van der Waals surface area contributed by atoms with Crippen molar-refractivity contribution in [1.82, 2.24) is 20.6 Å². The van der Waals surface area contributed by atoms with Crippen LogP contribution in [0.1, 0.15) is 76.8 Å². The summed E-state index contributed by atoms with van der Waals surface area (Å²) in [4.78, 5) is 35.3. The number of nitrogens with zero attached hydrogens (tertiary/aromatic N) is 1. The van der Waals surface area contributed by atoms with Crippen LogP contribution in [0.15, 0.2) is 42.5 Å². The molecule has 7 nitrogen and oxygen atoms in total. The van der Waals surface area contributed by atoms with Crippen molar-refractivity contribution in [3.8, 4) is 0 Å². The summed E-state index contributed by atoms with van der Waals surface area (Å²) in [6, 6.07) is 13.4. The fourth-order valence-corrected chi connectivity index (χ4v) is 6.28. The van der Waals surface area contributed by atoms with Gasteiger partial charge in [0.25, 0.3) is 0 Å². The zero-order valence-electron chi connectivity index (χ0n) is 24.2. The van der Waals surface area contributed by atoms with E-state index < -0.39 is 16.9 Å². The summed E-state index contributed by atoms with van der Waals surface area (Å²) in [6.45, 7) is 11.3. The highest BCUT2D eigenvalue weighted by atomic mass is 35.5. The number of fused-ring (bicyclic) bond motifs is 1. The first kappa shape index (κ1) is 28.6. The molecule has 5 rings (SSSR count). The molecular formula is C32H41ClN4O3. The number of hydrogen-bond donors (Lipinski definition) is 3. The van der Waals surface area contributed by atoms with Crippen LogP contribution in [0.3, 0.4) is 0 Å². The summed E-state index contributed by atoms with van der Waals surface area (Å²) >= 11 is 6.63. The lowest BCUT2D eigenvalue weighted by Gasteiger charge is -2.34. The highest BCUT2D eigenvalue weighted by Gasteiger charge is 2.47. The molecule has 1 saturated carbocycles. The van der Waals surface area contributed by atoms with Crippen molar-refractivity contribution in [2.24, 2.45) is 10.8 Å². The number of carbonyl (C=O) groups excluding carboxylic acids is 2. The van der Waals surface area contributed by atoms with Crippen molar-refractivity contribution < 1.29 is 14.3 Å². The van der Waals surface area contributed by atoms with Crippen LogP contribution in [0.25, 0.3) is 11.0 Å². The molecule has 214 valence electrons. The van der Waals surface area contributed by atoms with Gasteiger partial charge in [0.2, 0.25) is 11.8 Å². The Bertz CT molecular complexity index is 1400. The van der Waals surface area contributed by atoms with Gasteiger partial charge in [0.1, 0.15) is 11.9 Å². The van der Waals surface area contributed by atoms with Gasteiger partial charge in [-0.3, -0.25) is 9.59 Å². The Balaban J connectivity index is 1.44. The Labute approximate surface area is 241 Å². The van der Waals surface area contributed by atoms with Gasteiger partial charge in [-0.25, -0.2) is 4.98 Å². The zero-order chi connectivity index (χ0) is 28.7. The monoisotopic (exact) mass is 564 g/mol. The van der Waals surface area contributed by atoms with E-state index in [1.807, 2.05) is 58.0 Å². The number of benzene rings is 2. The number of carbonyl (C=O) groups is 2. The summed E-state index contributed by atoms with van der Waals surface area (Å²) in [5.41, 5.74) is 2.68. The zero-order valence-corrected chi connectivity index (χ0v) is 25.0. The van der Waals surface area contributed by atoms with E-state index in [1.54, 1.807) is 0 Å². The van der Waals surface area contributed by atoms with Gasteiger partial charge >= 0.3 is 0 Å². The average molecular weight is 565 g/mol. The molecule has 0 radical (unpaired) electrons. The largest absolute Gasteiger partial charge is 0.380 e. The lowest BCUT2D eigenvalue weighted by atomic mass is 9.77. The van der Waals surface area contributed by atoms with Crippen LogP contribution in [0.5, 0.6) is 0 Å². The standard InChI is InChI=1S/C32H41ClN4O3/c1-6-34-28(38)27(30(2,3)4)37-29(39)32(15-16-40-19-32)20-11-12-24-25(17-20)36-26(35-24)18-22(31(5)13-14-31)21-9-7-8-10-23(21)33/h7-12,17,22,27H,6,13-16,18-19H2,1-5H3,(H,34,38)(H,35,36)(H,37,39). The molecule has 3 unspecified atom stereocenters. The van der Waals surface area contributed by atoms with Gasteiger partial charge in [0, 0.05) is 24.6 Å². The van der Waals surface area contributed by atoms with Crippen molar-refractivity contribution in [3.63, 3.8) is 0 Å². The summed E-state index contributed by atoms with van der Waals surface area (Å²) in [7, 11) is 0. The molecule has 3 atom stereocenters. The van der Waals surface area contributed by atoms with E-state index in [1.165, 1.54) is 18.4 Å². The highest BCUT2D eigenvalue weighted by molar-refractivity contribution is 6.31. The normalized spacial score (nSPS) is 21.6. The number of aromatic amines is 1. The number of rotatable bonds is 9. The van der Waals surface area contributed by atoms with Crippen LogP contribution in [-0.2, 0) is 26.2 Å². The van der Waals surface area contributed by atoms with E-state index in [0.29, 0.717) is 19.6 Å². The van der Waals surface area contributed by atoms with E-state index in [-0.39, 0.29) is 29.8 Å². The number of likely N-dealkylation sites (N-methyl/N-ethyl adjacent to an activating group) is 1. The van der Waals surface area contributed by atoms with Gasteiger partial charge in [-0.1, -0.05) is 63.6 Å². The highest BCUT2D eigenvalue weighted by Crippen LogP contribution is 2.57. The first-order valence-electron chi connectivity index (χ1n) is 14.4. The molecule has 2 aromatic carbocycles. The van der Waals surface area contributed by atoms with E-state index in [2.05, 4.69) is 34.7 Å². The third-order valence-corrected chi connectivity index (χ3v) is 9.20. The second-order valence-electron chi connectivity index (χ2n) is 12.9. The van der Waals surface area contributed by atoms with Crippen molar-refractivity contribution in [2.75, 3.05) is 19.8 Å². The van der Waals surface area contributed by atoms with Gasteiger partial charge in [-0.2, -0.15) is 0 Å². The fraction of sp³-hybridized carbons (Fsp3) is 0.531. The Morgan fingerprint density at radius 3 is 2.52 bits per heavy atom. The number of aromatic nitrogens is 2. The minimum atomic E-state index is -0.878. The van der Waals surface area contributed by atoms with Crippen LogP contribution >= 0.6 is 11.6 Å². The number of ether oxygens (including phenoxy) is 1. The smallest absolute Gasteiger partial charge is 0.243 e. The summed E-state index contributed by atoms with van der Waals surface area (Å²) in [6.07, 6.45) is 3.66. The quantitative estimate of drug-likeness (QED) is 0.312. The molecule has 1 saturated heterocycles. The summed E-state index contributed by atoms with van der Waals surface area (Å²) in [5, 5.41) is 6.75. The molecule has 0 bridgehead atoms. The molecule has 2 aliphatic rings. The van der Waals surface area contributed by atoms with Gasteiger partial charge < -0.3 is 20.4 Å². The predicted molar refractivity (Wildman–Crippen MR) is 159 cm³/mol. The van der Waals surface area contributed by atoms with Crippen LogP contribution < -0.4 is 10.6 Å². The van der Waals surface area contributed by atoms with Crippen LogP contribution in [0.2, 0.25) is 5.02 Å². The molecule has 3 N–H and O–H groups in total. The average Bonchev–Trinajstić information content (AvgIpc) is 3.28. The molecule has 2 fully saturated rings. The van der Waals surface area contributed by atoms with Gasteiger partial charge in [-0.15, -0.1) is 0 Å². The lowest BCUT2D eigenvalue weighted by Crippen LogP contribution is -2.58. The number of amides is 2. The minimum absolute atomic E-state index is 0.177. The van der Waals surface area contributed by atoms with E-state index >= 15 is 0 Å². The third-order valence-electron chi connectivity index (χ3n) is 8.85. The molecule has 0 spiro atoms. The first-order valence-corrected chi connectivity index (χ1v) is 14.7. The number of halogens is 1. The van der Waals surface area contributed by atoms with Crippen molar-refractivity contribution in [1.29, 1.82) is 0 Å². The maximum absolute atomic E-state index is 13.9. The van der Waals surface area contributed by atoms with Gasteiger partial charge in [-0.05, 0) is 72.3 Å². The second kappa shape index (κ2) is 10.8. The van der Waals surface area contributed by atoms with Crippen LogP contribution in [0, 0.1) is 10.8 Å². The van der Waals surface area contributed by atoms with Gasteiger partial charge in [0.05, 0.1) is 23.1 Å². The van der Waals surface area contributed by atoms with E-state index in [9.17, 15) is 9.59 Å². The predicted octanol–water partition coefficient (Wildman–Crippen LogP) is 5.67. The lowest BCUT2D eigenvalue weighted by molar-refractivity contribution is -0.134. The summed E-state index contributed by atoms with van der Waals surface area (Å²) in [5.74, 6) is 0.819. The third kappa shape index (κ3) is 5.51. The molecular weight excluding hydrogens is 524 g/mol. The maximum atomic E-state index is 13.9. The van der Waals surface area contributed by atoms with Crippen molar-refractivity contribution in [3.05, 3.63) is 64.4 Å². The van der Waals surface area contributed by atoms with Crippen LogP contribution in [-0.4, -0.2) is 47.6 Å². The van der Waals surface area contributed by atoms with E-state index in [0.717, 1.165) is 33.9 Å². The Morgan fingerprint density at radius 2 is 1.90 bits per heavy atom. The topological polar surface area (TPSA) is 96.1 Å². The molecule has 40 heavy (non-hydrogen) atoms. The molecule has 2 heterocycles. The molecule has 8 heteroatoms. The number of hydrogen-bond acceptors (Lipinski definition) is 4. The molecule has 2 amide bonds. The molecule has 3 aromatic rings. The SMILES string of the molecule is CCNC(=O)C(NC(=O)C1(c2ccc3nc(CC(c4ccccc4Cl)C4(C)CC4)[nH]c3c2)CCOC1)C(C)(C)C. The Hall–Kier alpha value is -2.90. The minimum Gasteiger partial charge on any atom is -0.380 e. The fourth-order valence-electron chi connectivity index (χ4n) is 6.01. The van der Waals surface area contributed by atoms with Crippen molar-refractivity contribution >= 4 is 34.4 Å². The maximum Gasteiger partial charge on any atom is 0.243 e. The summed E-state index contributed by atoms with van der Waals surface area (Å²) < 4.78 is 5.79. The molecule has 1 aliphatic carbocycles. The number of imidazole rings is 1. The Morgan fingerprint density at radius 1 is 1.15 bits per heavy atom. The van der Waals surface area contributed by atoms with Gasteiger partial charge in [0.15, 0.2) is 0 Å². The Kier molecular flexibility index (Phi) is 7.75. The number of nitrogens with one attached hydrogen (secondary N) is 3. The number of H-pyrrole nitrogens is 1. The van der Waals surface area contributed by atoms with Crippen LogP contribution in [0.4, 0.5) is 0 Å². The molecule has 1 aliphatic heterocycles. The van der Waals surface area contributed by atoms with Crippen molar-refractivity contribution in [2.45, 2.75) is 77.7 Å². The molecule has 1 aromatic heterocycles. The first-order chi connectivity index (χ1) is 19.0. The second-order valence-corrected chi connectivity index (χ2v) is 13.3.